The Morgan fingerprint density at radius 3 is 0.912 bits per heavy atom. The van der Waals surface area contributed by atoms with Gasteiger partial charge < -0.3 is 0 Å². The molecule has 0 N–H and O–H groups in total. The third kappa shape index (κ3) is 5.04. The van der Waals surface area contributed by atoms with E-state index in [1.807, 2.05) is 24.3 Å². The maximum Gasteiger partial charge on any atom is 0.672 e. The Kier molecular flexibility index (Phi) is 7.00. The van der Waals surface area contributed by atoms with Crippen molar-refractivity contribution >= 4 is 23.9 Å². The van der Waals surface area contributed by atoms with Gasteiger partial charge in [0.2, 0.25) is 0 Å². The van der Waals surface area contributed by atoms with Gasteiger partial charge in [-0.15, -0.1) is 0 Å². The molecule has 170 valence electrons. The maximum absolute atomic E-state index is 13.2. The lowest BCUT2D eigenvalue weighted by Gasteiger charge is -2.34. The molecule has 4 aromatic rings. The van der Waals surface area contributed by atoms with Gasteiger partial charge in [0.25, 0.3) is 0 Å². The molecule has 4 aromatic carbocycles. The third-order valence-corrected chi connectivity index (χ3v) is 25.0. The second-order valence-corrected chi connectivity index (χ2v) is 21.8. The van der Waals surface area contributed by atoms with E-state index in [1.165, 1.54) is 22.3 Å². The molecule has 0 unspecified atom stereocenters. The van der Waals surface area contributed by atoms with Crippen molar-refractivity contribution in [3.8, 4) is 0 Å². The molecule has 1 aliphatic heterocycles. The molecule has 0 amide bonds. The molecule has 1 fully saturated rings. The van der Waals surface area contributed by atoms with Gasteiger partial charge in [-0.25, -0.2) is 0 Å². The first kappa shape index (κ1) is 23.1. The van der Waals surface area contributed by atoms with Crippen molar-refractivity contribution in [1.82, 2.24) is 0 Å². The molecule has 5 rings (SSSR count). The second-order valence-electron chi connectivity index (χ2n) is 9.04. The van der Waals surface area contributed by atoms with E-state index in [9.17, 15) is 4.57 Å². The predicted molar refractivity (Wildman–Crippen MR) is 142 cm³/mol. The van der Waals surface area contributed by atoms with Gasteiger partial charge in [-0.1, -0.05) is 121 Å². The van der Waals surface area contributed by atoms with Gasteiger partial charge in [0.05, 0.1) is 0 Å². The SMILES string of the molecule is O=[P+]1O[Si](Cc2ccccc2)(Cc2ccccc2)[Si](Cc2ccccc2)(Cc2ccccc2)O1. The van der Waals surface area contributed by atoms with E-state index < -0.39 is 23.9 Å². The summed E-state index contributed by atoms with van der Waals surface area (Å²) in [6.45, 7) is 0. The minimum atomic E-state index is -2.69. The molecule has 1 heterocycles. The van der Waals surface area contributed by atoms with E-state index in [2.05, 4.69) is 97.1 Å². The lowest BCUT2D eigenvalue weighted by molar-refractivity contribution is 0.442. The highest BCUT2D eigenvalue weighted by Gasteiger charge is 2.73. The molecule has 0 bridgehead atoms. The minimum Gasteiger partial charge on any atom is -0.176 e. The summed E-state index contributed by atoms with van der Waals surface area (Å²) in [4.78, 5) is 0. The highest BCUT2D eigenvalue weighted by molar-refractivity contribution is 7.54. The largest absolute Gasteiger partial charge is 0.672 e. The molecule has 0 aromatic heterocycles. The van der Waals surface area contributed by atoms with Gasteiger partial charge in [-0.3, -0.25) is 0 Å². The fourth-order valence-electron chi connectivity index (χ4n) is 5.07. The van der Waals surface area contributed by atoms with Gasteiger partial charge in [0, 0.05) is 4.57 Å². The molecule has 0 aliphatic carbocycles. The number of rotatable bonds is 8. The predicted octanol–water partition coefficient (Wildman–Crippen LogP) is 6.79. The Hall–Kier alpha value is -2.67. The van der Waals surface area contributed by atoms with Gasteiger partial charge in [-0.2, -0.15) is 8.43 Å². The van der Waals surface area contributed by atoms with Crippen molar-refractivity contribution in [2.75, 3.05) is 0 Å². The molecule has 0 radical (unpaired) electrons. The van der Waals surface area contributed by atoms with Crippen molar-refractivity contribution in [3.63, 3.8) is 0 Å². The summed E-state index contributed by atoms with van der Waals surface area (Å²) in [6, 6.07) is 45.3. The van der Waals surface area contributed by atoms with Crippen LogP contribution in [0.4, 0.5) is 0 Å². The summed E-state index contributed by atoms with van der Waals surface area (Å²) in [5.74, 6) is 0. The van der Waals surface area contributed by atoms with Crippen LogP contribution >= 0.6 is 8.25 Å². The van der Waals surface area contributed by atoms with E-state index in [1.54, 1.807) is 0 Å². The van der Waals surface area contributed by atoms with Gasteiger partial charge in [0.1, 0.15) is 0 Å². The van der Waals surface area contributed by atoms with Crippen LogP contribution in [0.5, 0.6) is 0 Å². The zero-order valence-corrected chi connectivity index (χ0v) is 21.9. The number of hydrogen-bond acceptors (Lipinski definition) is 3. The topological polar surface area (TPSA) is 35.5 Å². The first-order chi connectivity index (χ1) is 16.7. The quantitative estimate of drug-likeness (QED) is 0.198. The van der Waals surface area contributed by atoms with Crippen molar-refractivity contribution < 1.29 is 13.0 Å². The highest BCUT2D eigenvalue weighted by Crippen LogP contribution is 2.51. The Morgan fingerprint density at radius 1 is 0.441 bits per heavy atom. The van der Waals surface area contributed by atoms with Gasteiger partial charge in [0.15, 0.2) is 0 Å². The second kappa shape index (κ2) is 10.3. The summed E-state index contributed by atoms with van der Waals surface area (Å²) >= 11 is 0. The van der Waals surface area contributed by atoms with E-state index >= 15 is 0 Å². The Bertz CT molecular complexity index is 1040. The summed E-state index contributed by atoms with van der Waals surface area (Å²) in [6.07, 6.45) is 0. The van der Waals surface area contributed by atoms with Crippen LogP contribution in [0.1, 0.15) is 22.3 Å². The summed E-state index contributed by atoms with van der Waals surface area (Å²) < 4.78 is 26.4. The Morgan fingerprint density at radius 2 is 0.676 bits per heavy atom. The first-order valence-corrected chi connectivity index (χ1v) is 18.4. The van der Waals surface area contributed by atoms with Crippen molar-refractivity contribution in [3.05, 3.63) is 144 Å². The van der Waals surface area contributed by atoms with Crippen LogP contribution in [-0.2, 0) is 37.2 Å². The minimum absolute atomic E-state index is 0.801. The van der Waals surface area contributed by atoms with Crippen LogP contribution in [0.3, 0.4) is 0 Å². The molecule has 0 saturated carbocycles. The molecule has 1 aliphatic rings. The zero-order valence-electron chi connectivity index (χ0n) is 19.0. The molecule has 6 heteroatoms. The van der Waals surface area contributed by atoms with Crippen molar-refractivity contribution in [2.24, 2.45) is 0 Å². The molecule has 3 nitrogen and oxygen atoms in total. The summed E-state index contributed by atoms with van der Waals surface area (Å²) in [7, 11) is -7.53. The maximum atomic E-state index is 13.2. The van der Waals surface area contributed by atoms with Crippen LogP contribution in [-0.4, -0.2) is 15.7 Å². The van der Waals surface area contributed by atoms with E-state index in [0.29, 0.717) is 0 Å². The van der Waals surface area contributed by atoms with Crippen LogP contribution in [0.25, 0.3) is 0 Å². The van der Waals surface area contributed by atoms with Crippen LogP contribution in [0, 0.1) is 0 Å². The normalized spacial score (nSPS) is 16.4. The van der Waals surface area contributed by atoms with Crippen LogP contribution < -0.4 is 0 Å². The average molecular weight is 500 g/mol. The molecular weight excluding hydrogens is 471 g/mol. The van der Waals surface area contributed by atoms with Gasteiger partial charge >= 0.3 is 23.9 Å². The number of hydrogen-bond donors (Lipinski definition) is 0. The number of benzene rings is 4. The first-order valence-electron chi connectivity index (χ1n) is 11.7. The fourth-order valence-corrected chi connectivity index (χ4v) is 26.0. The van der Waals surface area contributed by atoms with Crippen molar-refractivity contribution in [1.29, 1.82) is 0 Å². The lowest BCUT2D eigenvalue weighted by atomic mass is 10.2. The summed E-state index contributed by atoms with van der Waals surface area (Å²) in [5, 5.41) is 0. The Balaban J connectivity index is 1.66. The fraction of sp³-hybridized carbons (Fsp3) is 0.143. The third-order valence-electron chi connectivity index (χ3n) is 6.66. The Labute approximate surface area is 204 Å². The molecule has 0 spiro atoms. The zero-order chi connectivity index (χ0) is 23.3. The molecule has 0 atom stereocenters. The molecule has 34 heavy (non-hydrogen) atoms. The summed E-state index contributed by atoms with van der Waals surface area (Å²) in [5.41, 5.74) is 4.93. The lowest BCUT2D eigenvalue weighted by Crippen LogP contribution is -2.68. The molecule has 1 saturated heterocycles. The van der Waals surface area contributed by atoms with Crippen molar-refractivity contribution in [2.45, 2.75) is 24.2 Å². The monoisotopic (exact) mass is 499 g/mol. The van der Waals surface area contributed by atoms with E-state index in [4.69, 9.17) is 8.43 Å². The highest BCUT2D eigenvalue weighted by atomic mass is 31.1. The van der Waals surface area contributed by atoms with E-state index in [-0.39, 0.29) is 0 Å². The van der Waals surface area contributed by atoms with Crippen LogP contribution in [0.15, 0.2) is 121 Å². The molecular formula is C28H28O3PSi2+. The smallest absolute Gasteiger partial charge is 0.176 e. The average Bonchev–Trinajstić information content (AvgIpc) is 3.11. The van der Waals surface area contributed by atoms with Crippen LogP contribution in [0.2, 0.25) is 0 Å². The van der Waals surface area contributed by atoms with E-state index in [0.717, 1.165) is 24.2 Å². The standard InChI is InChI=1S/C28H28O3PSi2/c29-32-30-33(21-25-13-5-1-6-14-25,22-26-15-7-2-8-16-26)34(31-32,23-27-17-9-3-10-18-27)24-28-19-11-4-12-20-28/h1-20H,21-24H2/q+1. The van der Waals surface area contributed by atoms with Gasteiger partial charge in [-0.05, 0) is 46.4 Å².